The third-order valence-electron chi connectivity index (χ3n) is 4.67. The van der Waals surface area contributed by atoms with Gasteiger partial charge in [0.05, 0.1) is 16.4 Å². The first kappa shape index (κ1) is 16.8. The standard InChI is InChI=1S/C17H22N4O2S/c1-4-13-9-24-16(18-13)12-6-5-7-21(8-12)17(23)14-10(2)11(3)19-20-15(14)22/h9,12H,4-8H2,1-3H3,(H,20,22)/t12-/m0/s1. The van der Waals surface area contributed by atoms with Crippen molar-refractivity contribution >= 4 is 17.2 Å². The van der Waals surface area contributed by atoms with Gasteiger partial charge in [0.25, 0.3) is 11.5 Å². The molecule has 2 aromatic heterocycles. The average Bonchev–Trinajstić information content (AvgIpc) is 3.08. The molecule has 0 saturated carbocycles. The van der Waals surface area contributed by atoms with Crippen molar-refractivity contribution in [2.45, 2.75) is 46.0 Å². The van der Waals surface area contributed by atoms with Crippen LogP contribution in [0.3, 0.4) is 0 Å². The van der Waals surface area contributed by atoms with Crippen molar-refractivity contribution < 1.29 is 4.79 Å². The number of carbonyl (C=O) groups excluding carboxylic acids is 1. The molecule has 6 nitrogen and oxygen atoms in total. The number of amides is 1. The second kappa shape index (κ2) is 6.84. The number of nitrogens with zero attached hydrogens (tertiary/aromatic N) is 3. The van der Waals surface area contributed by atoms with Gasteiger partial charge in [0.1, 0.15) is 5.56 Å². The Morgan fingerprint density at radius 2 is 2.25 bits per heavy atom. The number of piperidine rings is 1. The van der Waals surface area contributed by atoms with Gasteiger partial charge in [0.15, 0.2) is 0 Å². The lowest BCUT2D eigenvalue weighted by molar-refractivity contribution is 0.0704. The molecule has 128 valence electrons. The third-order valence-corrected chi connectivity index (χ3v) is 5.73. The van der Waals surface area contributed by atoms with Crippen molar-refractivity contribution in [3.63, 3.8) is 0 Å². The highest BCUT2D eigenvalue weighted by molar-refractivity contribution is 7.09. The SMILES string of the molecule is CCc1csc([C@H]2CCCN(C(=O)c3c(C)c(C)n[nH]c3=O)C2)n1. The zero-order valence-corrected chi connectivity index (χ0v) is 15.1. The topological polar surface area (TPSA) is 79.0 Å². The molecule has 3 rings (SSSR count). The van der Waals surface area contributed by atoms with Crippen molar-refractivity contribution in [3.05, 3.63) is 43.3 Å². The molecule has 3 heterocycles. The van der Waals surface area contributed by atoms with Crippen LogP contribution in [0.15, 0.2) is 10.2 Å². The Morgan fingerprint density at radius 1 is 1.46 bits per heavy atom. The molecular formula is C17H22N4O2S. The number of aryl methyl sites for hydroxylation is 2. The van der Waals surface area contributed by atoms with Crippen LogP contribution in [0.2, 0.25) is 0 Å². The fourth-order valence-corrected chi connectivity index (χ4v) is 4.11. The molecule has 1 N–H and O–H groups in total. The fraction of sp³-hybridized carbons (Fsp3) is 0.529. The summed E-state index contributed by atoms with van der Waals surface area (Å²) >= 11 is 1.67. The predicted molar refractivity (Wildman–Crippen MR) is 93.7 cm³/mol. The zero-order chi connectivity index (χ0) is 17.3. The minimum absolute atomic E-state index is 0.198. The second-order valence-electron chi connectivity index (χ2n) is 6.26. The Kier molecular flexibility index (Phi) is 4.80. The molecule has 1 amide bonds. The Morgan fingerprint density at radius 3 is 2.96 bits per heavy atom. The number of rotatable bonds is 3. The van der Waals surface area contributed by atoms with Gasteiger partial charge in [-0.15, -0.1) is 11.3 Å². The summed E-state index contributed by atoms with van der Waals surface area (Å²) in [6.45, 7) is 6.97. The number of aromatic nitrogens is 3. The molecule has 1 aliphatic rings. The maximum Gasteiger partial charge on any atom is 0.277 e. The van der Waals surface area contributed by atoms with Gasteiger partial charge in [0, 0.05) is 24.4 Å². The van der Waals surface area contributed by atoms with Crippen LogP contribution in [0.1, 0.15) is 58.0 Å². The molecule has 0 bridgehead atoms. The maximum atomic E-state index is 12.9. The highest BCUT2D eigenvalue weighted by atomic mass is 32.1. The lowest BCUT2D eigenvalue weighted by Gasteiger charge is -2.32. The Hall–Kier alpha value is -2.02. The lowest BCUT2D eigenvalue weighted by atomic mass is 9.97. The molecule has 7 heteroatoms. The largest absolute Gasteiger partial charge is 0.338 e. The van der Waals surface area contributed by atoms with Crippen molar-refractivity contribution in [1.29, 1.82) is 0 Å². The van der Waals surface area contributed by atoms with Gasteiger partial charge < -0.3 is 4.90 Å². The van der Waals surface area contributed by atoms with E-state index >= 15 is 0 Å². The van der Waals surface area contributed by atoms with Gasteiger partial charge in [-0.25, -0.2) is 10.1 Å². The zero-order valence-electron chi connectivity index (χ0n) is 14.3. The molecule has 24 heavy (non-hydrogen) atoms. The van der Waals surface area contributed by atoms with Crippen LogP contribution in [0, 0.1) is 13.8 Å². The molecule has 1 saturated heterocycles. The van der Waals surface area contributed by atoms with E-state index in [-0.39, 0.29) is 17.4 Å². The van der Waals surface area contributed by atoms with Gasteiger partial charge in [0.2, 0.25) is 0 Å². The van der Waals surface area contributed by atoms with Gasteiger partial charge >= 0.3 is 0 Å². The first-order valence-corrected chi connectivity index (χ1v) is 9.18. The molecule has 0 aromatic carbocycles. The molecule has 0 radical (unpaired) electrons. The maximum absolute atomic E-state index is 12.9. The number of likely N-dealkylation sites (tertiary alicyclic amines) is 1. The number of thiazole rings is 1. The van der Waals surface area contributed by atoms with Crippen molar-refractivity contribution in [2.75, 3.05) is 13.1 Å². The molecule has 0 aliphatic carbocycles. The van der Waals surface area contributed by atoms with Crippen LogP contribution in [-0.4, -0.2) is 39.1 Å². The van der Waals surface area contributed by atoms with Crippen LogP contribution in [-0.2, 0) is 6.42 Å². The van der Waals surface area contributed by atoms with Crippen LogP contribution < -0.4 is 5.56 Å². The normalized spacial score (nSPS) is 18.0. The first-order chi connectivity index (χ1) is 11.5. The molecular weight excluding hydrogens is 324 g/mol. The minimum Gasteiger partial charge on any atom is -0.338 e. The summed E-state index contributed by atoms with van der Waals surface area (Å²) in [6, 6.07) is 0. The van der Waals surface area contributed by atoms with E-state index in [9.17, 15) is 9.59 Å². The van der Waals surface area contributed by atoms with E-state index in [0.29, 0.717) is 24.3 Å². The molecule has 0 unspecified atom stereocenters. The molecule has 1 fully saturated rings. The summed E-state index contributed by atoms with van der Waals surface area (Å²) < 4.78 is 0. The second-order valence-corrected chi connectivity index (χ2v) is 7.15. The predicted octanol–water partition coefficient (Wildman–Crippen LogP) is 2.43. The van der Waals surface area contributed by atoms with E-state index in [4.69, 9.17) is 0 Å². The first-order valence-electron chi connectivity index (χ1n) is 8.30. The summed E-state index contributed by atoms with van der Waals surface area (Å²) in [6.07, 6.45) is 2.89. The number of H-pyrrole nitrogens is 1. The van der Waals surface area contributed by atoms with E-state index in [2.05, 4.69) is 27.5 Å². The third kappa shape index (κ3) is 3.13. The van der Waals surface area contributed by atoms with Crippen LogP contribution in [0.4, 0.5) is 0 Å². The van der Waals surface area contributed by atoms with E-state index in [0.717, 1.165) is 30.0 Å². The molecule has 0 spiro atoms. The average molecular weight is 346 g/mol. The lowest BCUT2D eigenvalue weighted by Crippen LogP contribution is -2.42. The monoisotopic (exact) mass is 346 g/mol. The van der Waals surface area contributed by atoms with Crippen LogP contribution >= 0.6 is 11.3 Å². The Balaban J connectivity index is 1.83. The van der Waals surface area contributed by atoms with E-state index in [1.165, 1.54) is 0 Å². The van der Waals surface area contributed by atoms with Gasteiger partial charge in [-0.2, -0.15) is 5.10 Å². The number of hydrogen-bond acceptors (Lipinski definition) is 5. The van der Waals surface area contributed by atoms with Gasteiger partial charge in [-0.3, -0.25) is 9.59 Å². The van der Waals surface area contributed by atoms with Crippen molar-refractivity contribution in [1.82, 2.24) is 20.1 Å². The van der Waals surface area contributed by atoms with Gasteiger partial charge in [-0.05, 0) is 38.7 Å². The van der Waals surface area contributed by atoms with E-state index in [1.54, 1.807) is 30.1 Å². The minimum atomic E-state index is -0.409. The van der Waals surface area contributed by atoms with Gasteiger partial charge in [-0.1, -0.05) is 6.92 Å². The fourth-order valence-electron chi connectivity index (χ4n) is 3.08. The Bertz CT molecular complexity index is 811. The quantitative estimate of drug-likeness (QED) is 0.926. The van der Waals surface area contributed by atoms with Crippen LogP contribution in [0.25, 0.3) is 0 Å². The summed E-state index contributed by atoms with van der Waals surface area (Å²) in [5.41, 5.74) is 2.26. The number of hydrogen-bond donors (Lipinski definition) is 1. The number of carbonyl (C=O) groups is 1. The van der Waals surface area contributed by atoms with Crippen LogP contribution in [0.5, 0.6) is 0 Å². The highest BCUT2D eigenvalue weighted by Gasteiger charge is 2.29. The molecule has 2 aromatic rings. The molecule has 1 atom stereocenters. The van der Waals surface area contributed by atoms with Crippen molar-refractivity contribution in [3.8, 4) is 0 Å². The smallest absolute Gasteiger partial charge is 0.277 e. The Labute approximate surface area is 144 Å². The van der Waals surface area contributed by atoms with Crippen molar-refractivity contribution in [2.24, 2.45) is 0 Å². The summed E-state index contributed by atoms with van der Waals surface area (Å²) in [7, 11) is 0. The summed E-state index contributed by atoms with van der Waals surface area (Å²) in [5, 5.41) is 9.54. The van der Waals surface area contributed by atoms with E-state index in [1.807, 2.05) is 0 Å². The van der Waals surface area contributed by atoms with E-state index < -0.39 is 5.56 Å². The number of aromatic amines is 1. The molecule has 1 aliphatic heterocycles. The number of nitrogens with one attached hydrogen (secondary N) is 1. The summed E-state index contributed by atoms with van der Waals surface area (Å²) in [4.78, 5) is 31.4. The highest BCUT2D eigenvalue weighted by Crippen LogP contribution is 2.30. The summed E-state index contributed by atoms with van der Waals surface area (Å²) in [5.74, 6) is 0.0616.